The van der Waals surface area contributed by atoms with Gasteiger partial charge in [-0.25, -0.2) is 0 Å². The van der Waals surface area contributed by atoms with Crippen LogP contribution in [0.3, 0.4) is 0 Å². The van der Waals surface area contributed by atoms with Gasteiger partial charge in [-0.05, 0) is 12.1 Å². The van der Waals surface area contributed by atoms with E-state index in [-0.39, 0.29) is 14.5 Å². The Hall–Kier alpha value is -6.20. The normalized spacial score (nSPS) is 11.6. The van der Waals surface area contributed by atoms with Gasteiger partial charge in [0.15, 0.2) is 0 Å². The van der Waals surface area contributed by atoms with E-state index < -0.39 is 0 Å². The van der Waals surface area contributed by atoms with Crippen molar-refractivity contribution in [1.29, 1.82) is 0 Å². The molecule has 0 saturated carbocycles. The molecule has 0 aliphatic heterocycles. The Morgan fingerprint density at radius 1 is 0.380 bits per heavy atom. The molecule has 10 aromatic rings. The molecule has 0 fully saturated rings. The van der Waals surface area contributed by atoms with Crippen LogP contribution in [-0.2, 0) is 0 Å². The van der Waals surface area contributed by atoms with Gasteiger partial charge in [0, 0.05) is 10.8 Å². The van der Waals surface area contributed by atoms with Crippen molar-refractivity contribution in [2.45, 2.75) is 0 Å². The van der Waals surface area contributed by atoms with E-state index in [4.69, 9.17) is 24.4 Å². The number of nitrogens with zero attached hydrogens (tertiary/aromatic N) is 4. The van der Waals surface area contributed by atoms with E-state index in [1.54, 1.807) is 0 Å². The van der Waals surface area contributed by atoms with Gasteiger partial charge in [-0.3, -0.25) is 0 Å². The average Bonchev–Trinajstić information content (AvgIpc) is 3.80. The number of hydrogen-bond donors (Lipinski definition) is 0. The van der Waals surface area contributed by atoms with Gasteiger partial charge >= 0.3 is 220 Å². The van der Waals surface area contributed by atoms with E-state index in [2.05, 4.69) is 97.1 Å². The Morgan fingerprint density at radius 2 is 0.960 bits per heavy atom. The molecule has 3 aromatic heterocycles. The Kier molecular flexibility index (Phi) is 6.76. The second-order valence-electron chi connectivity index (χ2n) is 12.3. The van der Waals surface area contributed by atoms with Gasteiger partial charge in [0.2, 0.25) is 0 Å². The minimum absolute atomic E-state index is 0.123. The Balaban J connectivity index is 1.09. The van der Waals surface area contributed by atoms with Gasteiger partial charge < -0.3 is 4.42 Å². The number of aromatic nitrogens is 4. The van der Waals surface area contributed by atoms with Crippen LogP contribution in [-0.4, -0.2) is 34.4 Å². The van der Waals surface area contributed by atoms with Crippen LogP contribution >= 0.6 is 0 Å². The monoisotopic (exact) mass is 706 g/mol. The van der Waals surface area contributed by atoms with Gasteiger partial charge in [-0.2, -0.15) is 0 Å². The fourth-order valence-corrected chi connectivity index (χ4v) is 8.94. The minimum atomic E-state index is 0.123. The van der Waals surface area contributed by atoms with E-state index >= 15 is 0 Å². The van der Waals surface area contributed by atoms with E-state index in [0.717, 1.165) is 55.3 Å². The summed E-state index contributed by atoms with van der Waals surface area (Å²) in [6, 6.07) is 54.4. The smallest absolute Gasteiger partial charge is 0.0615 e. The standard InChI is InChI=1S/C44H26N4OSe/c1-3-10-28(11-4-1)41-46-42(48-43(47-41)33-21-23-39-36(26-33)34-16-7-8-17-38(34)49-39)32-15-9-14-30(24-32)31-19-18-27-20-22-37-40(35(27)25-31)50-44(45-37)29-12-5-2-6-13-29/h1-26H. The number of furan rings is 1. The number of benzene rings is 7. The first-order valence-corrected chi connectivity index (χ1v) is 18.2. The number of fused-ring (bicyclic) bond motifs is 6. The SMILES string of the molecule is c1ccc(-c2nc(-c3cccc(-c4ccc5ccc6nc(-c7ccccc7)[se]c6c5c4)c3)nc(-c3ccc4oc5ccccc5c4c3)n2)cc1. The van der Waals surface area contributed by atoms with Crippen LogP contribution in [0.1, 0.15) is 0 Å². The van der Waals surface area contributed by atoms with Crippen molar-refractivity contribution in [3.8, 4) is 55.4 Å². The summed E-state index contributed by atoms with van der Waals surface area (Å²) >= 11 is 0.123. The van der Waals surface area contributed by atoms with Gasteiger partial charge in [0.05, 0.1) is 0 Å². The molecule has 0 saturated heterocycles. The predicted octanol–water partition coefficient (Wildman–Crippen LogP) is 10.9. The third kappa shape index (κ3) is 5.01. The molecule has 0 radical (unpaired) electrons. The molecule has 5 nitrogen and oxygen atoms in total. The van der Waals surface area contributed by atoms with E-state index in [9.17, 15) is 0 Å². The molecule has 3 heterocycles. The van der Waals surface area contributed by atoms with E-state index in [1.165, 1.54) is 25.2 Å². The van der Waals surface area contributed by atoms with Crippen molar-refractivity contribution in [2.24, 2.45) is 0 Å². The zero-order valence-electron chi connectivity index (χ0n) is 26.6. The quantitative estimate of drug-likeness (QED) is 0.167. The van der Waals surface area contributed by atoms with Crippen molar-refractivity contribution in [3.05, 3.63) is 158 Å². The summed E-state index contributed by atoms with van der Waals surface area (Å²) in [5.41, 5.74) is 9.00. The van der Waals surface area contributed by atoms with Crippen LogP contribution in [0.4, 0.5) is 0 Å². The Bertz CT molecular complexity index is 2880. The molecule has 234 valence electrons. The molecule has 0 aliphatic carbocycles. The Labute approximate surface area is 293 Å². The third-order valence-electron chi connectivity index (χ3n) is 9.15. The second-order valence-corrected chi connectivity index (χ2v) is 14.4. The molecule has 0 bridgehead atoms. The topological polar surface area (TPSA) is 64.7 Å². The van der Waals surface area contributed by atoms with Crippen LogP contribution in [0.5, 0.6) is 0 Å². The van der Waals surface area contributed by atoms with Crippen LogP contribution in [0, 0.1) is 0 Å². The molecule has 0 unspecified atom stereocenters. The molecule has 0 atom stereocenters. The zero-order chi connectivity index (χ0) is 33.0. The minimum Gasteiger partial charge on any atom is -0.0615 e. The summed E-state index contributed by atoms with van der Waals surface area (Å²) < 4.78 is 8.61. The Morgan fingerprint density at radius 3 is 1.78 bits per heavy atom. The molecule has 7 aromatic carbocycles. The molecular weight excluding hydrogens is 679 g/mol. The number of hydrogen-bond acceptors (Lipinski definition) is 5. The van der Waals surface area contributed by atoms with Crippen LogP contribution < -0.4 is 0 Å². The fraction of sp³-hybridized carbons (Fsp3) is 0. The summed E-state index contributed by atoms with van der Waals surface area (Å²) in [5.74, 6) is 1.87. The van der Waals surface area contributed by atoms with Gasteiger partial charge in [-0.1, -0.05) is 36.4 Å². The van der Waals surface area contributed by atoms with E-state index in [0.29, 0.717) is 17.5 Å². The van der Waals surface area contributed by atoms with Crippen molar-refractivity contribution in [2.75, 3.05) is 0 Å². The number of rotatable bonds is 5. The van der Waals surface area contributed by atoms with Crippen LogP contribution in [0.15, 0.2) is 162 Å². The summed E-state index contributed by atoms with van der Waals surface area (Å²) in [4.78, 5) is 20.1. The molecule has 0 aliphatic rings. The van der Waals surface area contributed by atoms with E-state index in [1.807, 2.05) is 60.7 Å². The molecule has 0 amide bonds. The molecular formula is C44H26N4OSe. The fourth-order valence-electron chi connectivity index (χ4n) is 6.64. The molecule has 6 heteroatoms. The van der Waals surface area contributed by atoms with Crippen molar-refractivity contribution < 1.29 is 4.42 Å². The first kappa shape index (κ1) is 28.8. The second kappa shape index (κ2) is 11.7. The first-order valence-electron chi connectivity index (χ1n) is 16.5. The average molecular weight is 706 g/mol. The van der Waals surface area contributed by atoms with Crippen LogP contribution in [0.2, 0.25) is 0 Å². The van der Waals surface area contributed by atoms with Gasteiger partial charge in [0.25, 0.3) is 0 Å². The summed E-state index contributed by atoms with van der Waals surface area (Å²) in [5, 5.41) is 4.59. The number of para-hydroxylation sites is 1. The molecule has 50 heavy (non-hydrogen) atoms. The maximum absolute atomic E-state index is 6.10. The van der Waals surface area contributed by atoms with Gasteiger partial charge in [0.1, 0.15) is 11.2 Å². The summed E-state index contributed by atoms with van der Waals surface area (Å²) in [6.45, 7) is 0. The summed E-state index contributed by atoms with van der Waals surface area (Å²) in [7, 11) is 0. The van der Waals surface area contributed by atoms with Crippen molar-refractivity contribution in [1.82, 2.24) is 19.9 Å². The summed E-state index contributed by atoms with van der Waals surface area (Å²) in [6.07, 6.45) is 0. The maximum atomic E-state index is 6.10. The van der Waals surface area contributed by atoms with Gasteiger partial charge in [-0.15, -0.1) is 0 Å². The first-order chi connectivity index (χ1) is 24.7. The molecule has 10 rings (SSSR count). The zero-order valence-corrected chi connectivity index (χ0v) is 28.3. The van der Waals surface area contributed by atoms with Crippen molar-refractivity contribution >= 4 is 57.0 Å². The molecule has 0 spiro atoms. The van der Waals surface area contributed by atoms with Crippen molar-refractivity contribution in [3.63, 3.8) is 0 Å². The predicted molar refractivity (Wildman–Crippen MR) is 204 cm³/mol. The third-order valence-corrected chi connectivity index (χ3v) is 11.6. The molecule has 0 N–H and O–H groups in total. The van der Waals surface area contributed by atoms with Crippen LogP contribution in [0.25, 0.3) is 97.9 Å².